The van der Waals surface area contributed by atoms with Crippen molar-refractivity contribution in [2.45, 2.75) is 25.1 Å². The zero-order valence-electron chi connectivity index (χ0n) is 11.1. The van der Waals surface area contributed by atoms with E-state index in [0.29, 0.717) is 12.8 Å². The molecule has 2 aliphatic rings. The summed E-state index contributed by atoms with van der Waals surface area (Å²) >= 11 is 0. The molecule has 21 heavy (non-hydrogen) atoms. The number of carbonyl (C=O) groups excluding carboxylic acids is 2. The monoisotopic (exact) mass is 311 g/mol. The molecule has 2 aliphatic heterocycles. The second-order valence-electron chi connectivity index (χ2n) is 4.56. The Hall–Kier alpha value is -1.68. The van der Waals surface area contributed by atoms with Crippen LogP contribution in [-0.4, -0.2) is 66.2 Å². The molecule has 0 spiro atoms. The van der Waals surface area contributed by atoms with Crippen LogP contribution in [0.25, 0.3) is 0 Å². The fraction of sp³-hybridized carbons (Fsp3) is 0.727. The van der Waals surface area contributed by atoms with Gasteiger partial charge in [-0.15, -0.1) is 0 Å². The van der Waals surface area contributed by atoms with Crippen molar-refractivity contribution in [2.24, 2.45) is 0 Å². The predicted molar refractivity (Wildman–Crippen MR) is 64.3 cm³/mol. The highest BCUT2D eigenvalue weighted by atomic mass is 19.4. The van der Waals surface area contributed by atoms with Gasteiger partial charge in [-0.05, 0) is 6.42 Å². The number of hydrogen-bond donors (Lipinski definition) is 3. The Morgan fingerprint density at radius 2 is 1.76 bits per heavy atom. The number of hydrogen-bond acceptors (Lipinski definition) is 5. The first-order valence-electron chi connectivity index (χ1n) is 6.30. The summed E-state index contributed by atoms with van der Waals surface area (Å²) in [6.45, 7) is 3.65. The lowest BCUT2D eigenvalue weighted by Gasteiger charge is -2.35. The topological polar surface area (TPSA) is 98.7 Å². The van der Waals surface area contributed by atoms with Gasteiger partial charge in [-0.3, -0.25) is 19.8 Å². The zero-order valence-corrected chi connectivity index (χ0v) is 11.1. The van der Waals surface area contributed by atoms with Crippen LogP contribution in [0.3, 0.4) is 0 Å². The SMILES string of the molecule is O=C(O)C(F)(F)F.O=C1CCC(N2CCNCC2)C(=O)N1. The lowest BCUT2D eigenvalue weighted by atomic mass is 10.0. The van der Waals surface area contributed by atoms with Gasteiger partial charge in [0.25, 0.3) is 0 Å². The molecule has 0 aromatic carbocycles. The van der Waals surface area contributed by atoms with Crippen LogP contribution in [0, 0.1) is 0 Å². The molecule has 7 nitrogen and oxygen atoms in total. The van der Waals surface area contributed by atoms with Crippen LogP contribution in [0.1, 0.15) is 12.8 Å². The van der Waals surface area contributed by atoms with Crippen LogP contribution in [0.4, 0.5) is 13.2 Å². The molecule has 0 aliphatic carbocycles. The summed E-state index contributed by atoms with van der Waals surface area (Å²) in [5.41, 5.74) is 0. The van der Waals surface area contributed by atoms with E-state index >= 15 is 0 Å². The van der Waals surface area contributed by atoms with Crippen molar-refractivity contribution >= 4 is 17.8 Å². The second kappa shape index (κ2) is 7.36. The van der Waals surface area contributed by atoms with Gasteiger partial charge in [0.1, 0.15) is 0 Å². The molecule has 1 atom stereocenters. The summed E-state index contributed by atoms with van der Waals surface area (Å²) in [5.74, 6) is -3.02. The molecule has 2 saturated heterocycles. The van der Waals surface area contributed by atoms with Crippen molar-refractivity contribution in [2.75, 3.05) is 26.2 Å². The van der Waals surface area contributed by atoms with Gasteiger partial charge in [0.2, 0.25) is 11.8 Å². The molecule has 3 N–H and O–H groups in total. The Balaban J connectivity index is 0.000000270. The molecule has 2 heterocycles. The minimum absolute atomic E-state index is 0.0881. The summed E-state index contributed by atoms with van der Waals surface area (Å²) in [7, 11) is 0. The lowest BCUT2D eigenvalue weighted by Crippen LogP contribution is -2.57. The number of nitrogens with one attached hydrogen (secondary N) is 2. The average Bonchev–Trinajstić information content (AvgIpc) is 2.39. The number of halogens is 3. The third kappa shape index (κ3) is 5.68. The molecule has 0 aromatic rings. The van der Waals surface area contributed by atoms with E-state index in [4.69, 9.17) is 9.90 Å². The molecule has 2 rings (SSSR count). The van der Waals surface area contributed by atoms with Crippen molar-refractivity contribution in [3.05, 3.63) is 0 Å². The van der Waals surface area contributed by atoms with Crippen molar-refractivity contribution in [3.63, 3.8) is 0 Å². The smallest absolute Gasteiger partial charge is 0.475 e. The van der Waals surface area contributed by atoms with Gasteiger partial charge < -0.3 is 10.4 Å². The van der Waals surface area contributed by atoms with Crippen molar-refractivity contribution < 1.29 is 32.7 Å². The van der Waals surface area contributed by atoms with E-state index in [0.717, 1.165) is 26.2 Å². The molecule has 120 valence electrons. The number of amides is 2. The number of carboxylic acid groups (broad SMARTS) is 1. The number of alkyl halides is 3. The van der Waals surface area contributed by atoms with E-state index in [1.807, 2.05) is 0 Å². The molecular weight excluding hydrogens is 295 g/mol. The van der Waals surface area contributed by atoms with Gasteiger partial charge in [0.15, 0.2) is 0 Å². The summed E-state index contributed by atoms with van der Waals surface area (Å²) in [5, 5.41) is 12.7. The third-order valence-corrected chi connectivity index (χ3v) is 3.04. The minimum Gasteiger partial charge on any atom is -0.475 e. The highest BCUT2D eigenvalue weighted by Crippen LogP contribution is 2.13. The van der Waals surface area contributed by atoms with Crippen molar-refractivity contribution in [3.8, 4) is 0 Å². The predicted octanol–water partition coefficient (Wildman–Crippen LogP) is -0.670. The molecule has 10 heteroatoms. The van der Waals surface area contributed by atoms with Gasteiger partial charge in [-0.2, -0.15) is 13.2 Å². The quantitative estimate of drug-likeness (QED) is 0.556. The fourth-order valence-electron chi connectivity index (χ4n) is 2.02. The normalized spacial score (nSPS) is 23.9. The highest BCUT2D eigenvalue weighted by molar-refractivity contribution is 6.00. The Morgan fingerprint density at radius 3 is 2.19 bits per heavy atom. The number of nitrogens with zero attached hydrogens (tertiary/aromatic N) is 1. The summed E-state index contributed by atoms with van der Waals surface area (Å²) in [4.78, 5) is 33.5. The van der Waals surface area contributed by atoms with Gasteiger partial charge in [-0.25, -0.2) is 4.79 Å². The Labute approximate surface area is 118 Å². The zero-order chi connectivity index (χ0) is 16.0. The number of carbonyl (C=O) groups is 3. The number of carboxylic acids is 1. The molecular formula is C11H16F3N3O4. The van der Waals surface area contributed by atoms with Crippen LogP contribution >= 0.6 is 0 Å². The summed E-state index contributed by atoms with van der Waals surface area (Å²) in [6.07, 6.45) is -3.94. The second-order valence-corrected chi connectivity index (χ2v) is 4.56. The molecule has 0 saturated carbocycles. The maximum atomic E-state index is 11.5. The van der Waals surface area contributed by atoms with Crippen LogP contribution in [0.2, 0.25) is 0 Å². The lowest BCUT2D eigenvalue weighted by molar-refractivity contribution is -0.192. The molecule has 0 aromatic heterocycles. The Bertz CT molecular complexity index is 408. The van der Waals surface area contributed by atoms with Crippen LogP contribution in [0.5, 0.6) is 0 Å². The van der Waals surface area contributed by atoms with Crippen LogP contribution in [0.15, 0.2) is 0 Å². The number of rotatable bonds is 1. The first-order valence-corrected chi connectivity index (χ1v) is 6.30. The summed E-state index contributed by atoms with van der Waals surface area (Å²) in [6, 6.07) is -0.0881. The number of aliphatic carboxylic acids is 1. The van der Waals surface area contributed by atoms with E-state index in [1.54, 1.807) is 0 Å². The Morgan fingerprint density at radius 1 is 1.24 bits per heavy atom. The van der Waals surface area contributed by atoms with Gasteiger partial charge in [0, 0.05) is 32.6 Å². The first-order chi connectivity index (χ1) is 9.71. The Kier molecular flexibility index (Phi) is 6.09. The molecule has 0 radical (unpaired) electrons. The van der Waals surface area contributed by atoms with E-state index in [1.165, 1.54) is 0 Å². The minimum atomic E-state index is -5.08. The maximum Gasteiger partial charge on any atom is 0.490 e. The van der Waals surface area contributed by atoms with Crippen molar-refractivity contribution in [1.29, 1.82) is 0 Å². The van der Waals surface area contributed by atoms with Crippen LogP contribution in [-0.2, 0) is 14.4 Å². The number of piperidine rings is 1. The first kappa shape index (κ1) is 17.4. The number of imide groups is 1. The molecule has 2 amide bonds. The van der Waals surface area contributed by atoms with Crippen LogP contribution < -0.4 is 10.6 Å². The van der Waals surface area contributed by atoms with Crippen molar-refractivity contribution in [1.82, 2.24) is 15.5 Å². The maximum absolute atomic E-state index is 11.5. The van der Waals surface area contributed by atoms with Gasteiger partial charge >= 0.3 is 12.1 Å². The van der Waals surface area contributed by atoms with E-state index in [9.17, 15) is 22.8 Å². The highest BCUT2D eigenvalue weighted by Gasteiger charge is 2.38. The fourth-order valence-corrected chi connectivity index (χ4v) is 2.02. The molecule has 1 unspecified atom stereocenters. The van der Waals surface area contributed by atoms with Gasteiger partial charge in [-0.1, -0.05) is 0 Å². The molecule has 2 fully saturated rings. The van der Waals surface area contributed by atoms with E-state index < -0.39 is 12.1 Å². The third-order valence-electron chi connectivity index (χ3n) is 3.04. The van der Waals surface area contributed by atoms with Gasteiger partial charge in [0.05, 0.1) is 6.04 Å². The summed E-state index contributed by atoms with van der Waals surface area (Å²) < 4.78 is 31.7. The standard InChI is InChI=1S/C9H15N3O2.C2HF3O2/c13-8-2-1-7(9(14)11-8)12-5-3-10-4-6-12;3-2(4,5)1(6)7/h7,10H,1-6H2,(H,11,13,14);(H,6,7). The number of piperazine rings is 1. The average molecular weight is 311 g/mol. The van der Waals surface area contributed by atoms with E-state index in [2.05, 4.69) is 15.5 Å². The van der Waals surface area contributed by atoms with E-state index in [-0.39, 0.29) is 17.9 Å². The molecule has 0 bridgehead atoms. The largest absolute Gasteiger partial charge is 0.490 e.